The first kappa shape index (κ1) is 31.7. The molecule has 1 saturated heterocycles. The molecule has 1 fully saturated rings. The van der Waals surface area contributed by atoms with Gasteiger partial charge in [-0.05, 0) is 54.8 Å². The quantitative estimate of drug-likeness (QED) is 0.144. The van der Waals surface area contributed by atoms with Crippen LogP contribution in [0.2, 0.25) is 0 Å². The van der Waals surface area contributed by atoms with E-state index in [0.717, 1.165) is 79.5 Å². The molecule has 44 heavy (non-hydrogen) atoms. The molecule has 1 aliphatic rings. The summed E-state index contributed by atoms with van der Waals surface area (Å²) < 4.78 is 31.1. The highest BCUT2D eigenvalue weighted by atomic mass is 16.5. The van der Waals surface area contributed by atoms with E-state index in [1.54, 1.807) is 14.2 Å². The molecule has 234 valence electrons. The van der Waals surface area contributed by atoms with Gasteiger partial charge in [0.2, 0.25) is 0 Å². The lowest BCUT2D eigenvalue weighted by molar-refractivity contribution is 0.0106. The van der Waals surface area contributed by atoms with Crippen LogP contribution in [0.15, 0.2) is 85.2 Å². The molecule has 8 heteroatoms. The maximum Gasteiger partial charge on any atom is 0.139 e. The molecule has 1 N–H and O–H groups in total. The molecule has 0 unspecified atom stereocenters. The number of imidazole rings is 1. The zero-order valence-electron chi connectivity index (χ0n) is 26.0. The number of piperidine rings is 1. The van der Waals surface area contributed by atoms with Crippen LogP contribution in [-0.4, -0.2) is 62.8 Å². The van der Waals surface area contributed by atoms with Crippen molar-refractivity contribution in [1.29, 1.82) is 0 Å². The third-order valence-electron chi connectivity index (χ3n) is 8.00. The van der Waals surface area contributed by atoms with Gasteiger partial charge in [-0.25, -0.2) is 4.98 Å². The van der Waals surface area contributed by atoms with Crippen molar-refractivity contribution in [3.05, 3.63) is 102 Å². The lowest BCUT2D eigenvalue weighted by atomic mass is 9.87. The third kappa shape index (κ3) is 8.92. The van der Waals surface area contributed by atoms with Gasteiger partial charge < -0.3 is 33.6 Å². The van der Waals surface area contributed by atoms with Crippen molar-refractivity contribution >= 4 is 0 Å². The highest BCUT2D eigenvalue weighted by Gasteiger charge is 2.27. The minimum Gasteiger partial charge on any atom is -0.496 e. The number of nitrogens with zero attached hydrogens (tertiary/aromatic N) is 2. The number of ether oxygens (including phenoxy) is 5. The minimum atomic E-state index is 0.0931. The molecule has 4 aromatic rings. The summed E-state index contributed by atoms with van der Waals surface area (Å²) in [6.07, 6.45) is 6.79. The molecule has 2 heterocycles. The SMILES string of the molecule is COCCCn1ccnc1-c1cccc(CO[C@H]2CNCC[C@@H]2c2ccc(OCCCOCc3ccccc3OC)cc2)c1. The lowest BCUT2D eigenvalue weighted by Gasteiger charge is -2.32. The predicted octanol–water partition coefficient (Wildman–Crippen LogP) is 6.24. The number of hydrogen-bond donors (Lipinski definition) is 1. The number of rotatable bonds is 17. The minimum absolute atomic E-state index is 0.0931. The number of hydrogen-bond acceptors (Lipinski definition) is 7. The number of nitrogens with one attached hydrogen (secondary N) is 1. The zero-order valence-corrected chi connectivity index (χ0v) is 26.0. The maximum atomic E-state index is 6.54. The fourth-order valence-electron chi connectivity index (χ4n) is 5.69. The standard InChI is InChI=1S/C36H45N3O5/c1-40-21-6-19-39-20-18-38-36(39)30-10-5-8-28(24-30)26-44-35-25-37-17-16-33(35)29-12-14-32(15-13-29)43-23-7-22-42-27-31-9-3-4-11-34(31)41-2/h3-5,8-15,18,20,24,33,35,37H,6-7,16-17,19,21-23,25-27H2,1-2H3/t33-,35+/m1/s1. The molecule has 0 radical (unpaired) electrons. The second kappa shape index (κ2) is 17.0. The van der Waals surface area contributed by atoms with E-state index in [-0.39, 0.29) is 6.10 Å². The molecular formula is C36H45N3O5. The van der Waals surface area contributed by atoms with Crippen molar-refractivity contribution in [2.75, 3.05) is 47.1 Å². The van der Waals surface area contributed by atoms with E-state index in [1.165, 1.54) is 5.56 Å². The Kier molecular flexibility index (Phi) is 12.2. The van der Waals surface area contributed by atoms with Gasteiger partial charge in [0.05, 0.1) is 39.6 Å². The van der Waals surface area contributed by atoms with Crippen LogP contribution < -0.4 is 14.8 Å². The highest BCUT2D eigenvalue weighted by molar-refractivity contribution is 5.56. The topological polar surface area (TPSA) is 76.0 Å². The Bertz CT molecular complexity index is 1410. The van der Waals surface area contributed by atoms with E-state index in [4.69, 9.17) is 23.7 Å². The molecule has 0 saturated carbocycles. The number of aromatic nitrogens is 2. The van der Waals surface area contributed by atoms with E-state index in [0.29, 0.717) is 32.3 Å². The second-order valence-electron chi connectivity index (χ2n) is 11.1. The average molecular weight is 600 g/mol. The van der Waals surface area contributed by atoms with Crippen molar-refractivity contribution < 1.29 is 23.7 Å². The van der Waals surface area contributed by atoms with Gasteiger partial charge in [0.25, 0.3) is 0 Å². The van der Waals surface area contributed by atoms with Gasteiger partial charge in [-0.1, -0.05) is 48.5 Å². The van der Waals surface area contributed by atoms with Crippen molar-refractivity contribution in [1.82, 2.24) is 14.9 Å². The molecule has 0 aliphatic carbocycles. The monoisotopic (exact) mass is 599 g/mol. The second-order valence-corrected chi connectivity index (χ2v) is 11.1. The van der Waals surface area contributed by atoms with Gasteiger partial charge in [-0.3, -0.25) is 0 Å². The number of methoxy groups -OCH3 is 2. The normalized spacial score (nSPS) is 16.6. The fourth-order valence-corrected chi connectivity index (χ4v) is 5.69. The van der Waals surface area contributed by atoms with Crippen LogP contribution in [-0.2, 0) is 34.0 Å². The summed E-state index contributed by atoms with van der Waals surface area (Å²) in [5.74, 6) is 3.04. The summed E-state index contributed by atoms with van der Waals surface area (Å²) in [4.78, 5) is 4.61. The first-order valence-electron chi connectivity index (χ1n) is 15.6. The van der Waals surface area contributed by atoms with Gasteiger partial charge >= 0.3 is 0 Å². The Labute approximate surface area is 261 Å². The van der Waals surface area contributed by atoms with E-state index < -0.39 is 0 Å². The highest BCUT2D eigenvalue weighted by Crippen LogP contribution is 2.30. The third-order valence-corrected chi connectivity index (χ3v) is 8.00. The van der Waals surface area contributed by atoms with Crippen LogP contribution in [0.4, 0.5) is 0 Å². The van der Waals surface area contributed by atoms with Crippen molar-refractivity contribution in [2.24, 2.45) is 0 Å². The van der Waals surface area contributed by atoms with Crippen LogP contribution in [0.1, 0.15) is 41.9 Å². The van der Waals surface area contributed by atoms with E-state index in [1.807, 2.05) is 36.7 Å². The first-order chi connectivity index (χ1) is 21.7. The molecule has 0 spiro atoms. The van der Waals surface area contributed by atoms with Crippen molar-refractivity contribution in [2.45, 2.75) is 51.0 Å². The maximum absolute atomic E-state index is 6.54. The van der Waals surface area contributed by atoms with Gasteiger partial charge in [0.15, 0.2) is 0 Å². The molecule has 1 aliphatic heterocycles. The largest absolute Gasteiger partial charge is 0.496 e. The molecule has 0 amide bonds. The molecule has 2 atom stereocenters. The number of para-hydroxylation sites is 1. The summed E-state index contributed by atoms with van der Waals surface area (Å²) in [7, 11) is 3.42. The summed E-state index contributed by atoms with van der Waals surface area (Å²) >= 11 is 0. The molecular weight excluding hydrogens is 554 g/mol. The molecule has 5 rings (SSSR count). The Morgan fingerprint density at radius 1 is 0.909 bits per heavy atom. The van der Waals surface area contributed by atoms with Crippen LogP contribution in [0.5, 0.6) is 11.5 Å². The van der Waals surface area contributed by atoms with Gasteiger partial charge in [-0.2, -0.15) is 0 Å². The van der Waals surface area contributed by atoms with Crippen molar-refractivity contribution in [3.8, 4) is 22.9 Å². The van der Waals surface area contributed by atoms with Gasteiger partial charge in [0.1, 0.15) is 17.3 Å². The smallest absolute Gasteiger partial charge is 0.139 e. The van der Waals surface area contributed by atoms with Gasteiger partial charge in [0, 0.05) is 62.7 Å². The van der Waals surface area contributed by atoms with E-state index in [9.17, 15) is 0 Å². The average Bonchev–Trinajstić information content (AvgIpc) is 3.55. The Morgan fingerprint density at radius 2 is 1.80 bits per heavy atom. The number of benzene rings is 3. The lowest BCUT2D eigenvalue weighted by Crippen LogP contribution is -2.40. The Balaban J connectivity index is 1.09. The number of aryl methyl sites for hydroxylation is 1. The predicted molar refractivity (Wildman–Crippen MR) is 172 cm³/mol. The summed E-state index contributed by atoms with van der Waals surface area (Å²) in [5.41, 5.74) is 4.59. The van der Waals surface area contributed by atoms with Crippen molar-refractivity contribution in [3.63, 3.8) is 0 Å². The Hall–Kier alpha value is -3.69. The molecule has 3 aromatic carbocycles. The van der Waals surface area contributed by atoms with Crippen LogP contribution >= 0.6 is 0 Å². The summed E-state index contributed by atoms with van der Waals surface area (Å²) in [6.45, 7) is 5.76. The van der Waals surface area contributed by atoms with Gasteiger partial charge in [-0.15, -0.1) is 0 Å². The summed E-state index contributed by atoms with van der Waals surface area (Å²) in [6, 6.07) is 25.0. The zero-order chi connectivity index (χ0) is 30.4. The Morgan fingerprint density at radius 3 is 2.66 bits per heavy atom. The van der Waals surface area contributed by atoms with E-state index >= 15 is 0 Å². The molecule has 1 aromatic heterocycles. The first-order valence-corrected chi connectivity index (χ1v) is 15.6. The fraction of sp³-hybridized carbons (Fsp3) is 0.417. The van der Waals surface area contributed by atoms with Crippen LogP contribution in [0.25, 0.3) is 11.4 Å². The molecule has 0 bridgehead atoms. The van der Waals surface area contributed by atoms with E-state index in [2.05, 4.69) is 63.4 Å². The molecule has 8 nitrogen and oxygen atoms in total. The van der Waals surface area contributed by atoms with Crippen LogP contribution in [0.3, 0.4) is 0 Å². The summed E-state index contributed by atoms with van der Waals surface area (Å²) in [5, 5.41) is 3.52. The van der Waals surface area contributed by atoms with Crippen LogP contribution in [0, 0.1) is 0 Å².